The van der Waals surface area contributed by atoms with E-state index >= 15 is 0 Å². The minimum absolute atomic E-state index is 0.167. The van der Waals surface area contributed by atoms with Gasteiger partial charge >= 0.3 is 11.9 Å². The van der Waals surface area contributed by atoms with E-state index in [0.29, 0.717) is 6.61 Å². The van der Waals surface area contributed by atoms with Gasteiger partial charge in [-0.1, -0.05) is 25.5 Å². The van der Waals surface area contributed by atoms with Crippen LogP contribution in [0.1, 0.15) is 26.2 Å². The van der Waals surface area contributed by atoms with E-state index in [4.69, 9.17) is 4.74 Å². The number of para-hydroxylation sites is 2. The number of hydrogen-bond acceptors (Lipinski definition) is 3. The van der Waals surface area contributed by atoms with Crippen molar-refractivity contribution in [2.75, 3.05) is 18.5 Å². The quantitative estimate of drug-likeness (QED) is 0.520. The van der Waals surface area contributed by atoms with Crippen LogP contribution in [0.25, 0.3) is 11.0 Å². The normalized spacial score (nSPS) is 13.8. The van der Waals surface area contributed by atoms with Crippen LogP contribution in [0.4, 0.5) is 5.95 Å². The van der Waals surface area contributed by atoms with Gasteiger partial charge in [-0.05, 0) is 18.6 Å². The zero-order chi connectivity index (χ0) is 14.7. The Morgan fingerprint density at radius 2 is 2.29 bits per heavy atom. The van der Waals surface area contributed by atoms with Gasteiger partial charge in [-0.3, -0.25) is 5.32 Å². The van der Waals surface area contributed by atoms with Gasteiger partial charge in [-0.15, -0.1) is 0 Å². The number of ether oxygens (including phenoxy) is 1. The van der Waals surface area contributed by atoms with Crippen molar-refractivity contribution < 1.29 is 14.1 Å². The molecule has 1 aliphatic heterocycles. The molecule has 0 fully saturated rings. The highest BCUT2D eigenvalue weighted by Crippen LogP contribution is 2.20. The fraction of sp³-hybridized carbons (Fsp3) is 0.500. The molecule has 0 atom stereocenters. The summed E-state index contributed by atoms with van der Waals surface area (Å²) in [4.78, 5) is 12.0. The van der Waals surface area contributed by atoms with Gasteiger partial charge in [-0.25, -0.2) is 13.9 Å². The number of unbranched alkanes of at least 4 members (excludes halogenated alkanes) is 1. The fourth-order valence-corrected chi connectivity index (χ4v) is 2.81. The molecule has 0 amide bonds. The van der Waals surface area contributed by atoms with Crippen molar-refractivity contribution in [2.24, 2.45) is 0 Å². The number of imidazole rings is 1. The Morgan fingerprint density at radius 1 is 1.43 bits per heavy atom. The van der Waals surface area contributed by atoms with Crippen LogP contribution < -0.4 is 9.88 Å². The fourth-order valence-electron chi connectivity index (χ4n) is 2.81. The third-order valence-corrected chi connectivity index (χ3v) is 3.86. The maximum absolute atomic E-state index is 12.0. The number of anilines is 1. The second kappa shape index (κ2) is 6.16. The van der Waals surface area contributed by atoms with Gasteiger partial charge < -0.3 is 4.74 Å². The average molecular weight is 288 g/mol. The SMILES string of the molecule is CCCCOC(=O)Cn1c2[n+](c3ccccc31)CCCN2. The molecule has 0 aliphatic carbocycles. The summed E-state index contributed by atoms with van der Waals surface area (Å²) >= 11 is 0. The summed E-state index contributed by atoms with van der Waals surface area (Å²) in [5, 5.41) is 3.41. The number of nitrogens with zero attached hydrogens (tertiary/aromatic N) is 2. The Balaban J connectivity index is 1.89. The van der Waals surface area contributed by atoms with E-state index in [9.17, 15) is 4.79 Å². The lowest BCUT2D eigenvalue weighted by Crippen LogP contribution is -2.42. The molecule has 1 aromatic heterocycles. The Labute approximate surface area is 124 Å². The van der Waals surface area contributed by atoms with Crippen molar-refractivity contribution in [1.82, 2.24) is 4.57 Å². The Morgan fingerprint density at radius 3 is 3.14 bits per heavy atom. The predicted octanol–water partition coefficient (Wildman–Crippen LogP) is 2.09. The van der Waals surface area contributed by atoms with Gasteiger partial charge in [0.25, 0.3) is 0 Å². The van der Waals surface area contributed by atoms with Crippen molar-refractivity contribution >= 4 is 23.0 Å². The lowest BCUT2D eigenvalue weighted by Gasteiger charge is -2.11. The van der Waals surface area contributed by atoms with Crippen molar-refractivity contribution in [2.45, 2.75) is 39.3 Å². The summed E-state index contributed by atoms with van der Waals surface area (Å²) in [6.07, 6.45) is 3.06. The van der Waals surface area contributed by atoms with E-state index < -0.39 is 0 Å². The molecule has 0 bridgehead atoms. The molecule has 112 valence electrons. The van der Waals surface area contributed by atoms with E-state index in [-0.39, 0.29) is 12.5 Å². The van der Waals surface area contributed by atoms with E-state index in [1.807, 2.05) is 16.7 Å². The lowest BCUT2D eigenvalue weighted by atomic mass is 10.3. The molecule has 5 heteroatoms. The van der Waals surface area contributed by atoms with Crippen LogP contribution in [0.3, 0.4) is 0 Å². The Kier molecular flexibility index (Phi) is 4.08. The lowest BCUT2D eigenvalue weighted by molar-refractivity contribution is -0.661. The summed E-state index contributed by atoms with van der Waals surface area (Å²) in [7, 11) is 0. The van der Waals surface area contributed by atoms with Gasteiger partial charge in [0.15, 0.2) is 6.54 Å². The van der Waals surface area contributed by atoms with Gasteiger partial charge in [-0.2, -0.15) is 0 Å². The number of fused-ring (bicyclic) bond motifs is 3. The third-order valence-electron chi connectivity index (χ3n) is 3.86. The first-order valence-electron chi connectivity index (χ1n) is 7.72. The number of nitrogens with one attached hydrogen (secondary N) is 1. The van der Waals surface area contributed by atoms with Crippen LogP contribution >= 0.6 is 0 Å². The highest BCUT2D eigenvalue weighted by atomic mass is 16.5. The summed E-state index contributed by atoms with van der Waals surface area (Å²) in [5.41, 5.74) is 2.25. The van der Waals surface area contributed by atoms with Crippen LogP contribution in [0.5, 0.6) is 0 Å². The molecule has 2 aromatic rings. The molecular formula is C16H22N3O2+. The molecule has 0 unspecified atom stereocenters. The summed E-state index contributed by atoms with van der Waals surface area (Å²) in [5.74, 6) is 0.842. The molecule has 5 nitrogen and oxygen atoms in total. The third kappa shape index (κ3) is 2.73. The topological polar surface area (TPSA) is 47.1 Å². The number of aromatic nitrogens is 2. The van der Waals surface area contributed by atoms with Crippen LogP contribution in [0, 0.1) is 0 Å². The molecule has 0 saturated carbocycles. The molecule has 21 heavy (non-hydrogen) atoms. The first-order valence-corrected chi connectivity index (χ1v) is 7.72. The number of hydrogen-bond donors (Lipinski definition) is 1. The van der Waals surface area contributed by atoms with Crippen LogP contribution in [0.15, 0.2) is 24.3 Å². The largest absolute Gasteiger partial charge is 0.463 e. The van der Waals surface area contributed by atoms with Crippen molar-refractivity contribution in [3.63, 3.8) is 0 Å². The van der Waals surface area contributed by atoms with Crippen LogP contribution in [0.2, 0.25) is 0 Å². The Hall–Kier alpha value is -2.04. The van der Waals surface area contributed by atoms with Crippen LogP contribution in [-0.4, -0.2) is 23.7 Å². The first kappa shape index (κ1) is 13.9. The number of carbonyl (C=O) groups excluding carboxylic acids is 1. The molecule has 1 aromatic carbocycles. The zero-order valence-corrected chi connectivity index (χ0v) is 12.5. The minimum Gasteiger partial charge on any atom is -0.463 e. The monoisotopic (exact) mass is 288 g/mol. The van der Waals surface area contributed by atoms with E-state index in [2.05, 4.69) is 28.9 Å². The second-order valence-electron chi connectivity index (χ2n) is 5.40. The highest BCUT2D eigenvalue weighted by molar-refractivity contribution is 5.78. The van der Waals surface area contributed by atoms with E-state index in [1.165, 1.54) is 5.52 Å². The first-order chi connectivity index (χ1) is 10.3. The number of carbonyl (C=O) groups is 1. The Bertz CT molecular complexity index is 648. The van der Waals surface area contributed by atoms with Crippen LogP contribution in [-0.2, 0) is 22.6 Å². The molecular weight excluding hydrogens is 266 g/mol. The summed E-state index contributed by atoms with van der Waals surface area (Å²) < 4.78 is 9.58. The van der Waals surface area contributed by atoms with E-state index in [0.717, 1.165) is 43.8 Å². The standard InChI is InChI=1S/C16H21N3O2/c1-2-3-11-21-15(20)12-19-14-8-5-4-7-13(14)18-10-6-9-17-16(18)19/h4-5,7-8H,2-3,6,9-12H2,1H3/p+1. The number of esters is 1. The molecule has 0 spiro atoms. The number of rotatable bonds is 5. The number of benzene rings is 1. The van der Waals surface area contributed by atoms with E-state index in [1.54, 1.807) is 0 Å². The molecule has 1 N–H and O–H groups in total. The van der Waals surface area contributed by atoms with Gasteiger partial charge in [0.1, 0.15) is 11.0 Å². The zero-order valence-electron chi connectivity index (χ0n) is 12.5. The summed E-state index contributed by atoms with van der Waals surface area (Å²) in [6, 6.07) is 8.20. The predicted molar refractivity (Wildman–Crippen MR) is 81.1 cm³/mol. The molecule has 0 saturated heterocycles. The molecule has 0 radical (unpaired) electrons. The van der Waals surface area contributed by atoms with Gasteiger partial charge in [0.2, 0.25) is 0 Å². The molecule has 2 heterocycles. The second-order valence-corrected chi connectivity index (χ2v) is 5.40. The molecule has 3 rings (SSSR count). The van der Waals surface area contributed by atoms with Gasteiger partial charge in [0.05, 0.1) is 19.7 Å². The maximum atomic E-state index is 12.0. The number of aryl methyl sites for hydroxylation is 1. The molecule has 1 aliphatic rings. The van der Waals surface area contributed by atoms with Gasteiger partial charge in [0, 0.05) is 6.42 Å². The average Bonchev–Trinajstić information content (AvgIpc) is 2.83. The minimum atomic E-state index is -0.167. The van der Waals surface area contributed by atoms with Crippen molar-refractivity contribution in [3.05, 3.63) is 24.3 Å². The van der Waals surface area contributed by atoms with Crippen molar-refractivity contribution in [1.29, 1.82) is 0 Å². The summed E-state index contributed by atoms with van der Waals surface area (Å²) in [6.45, 7) is 4.79. The maximum Gasteiger partial charge on any atom is 0.358 e. The smallest absolute Gasteiger partial charge is 0.358 e. The van der Waals surface area contributed by atoms with Crippen molar-refractivity contribution in [3.8, 4) is 0 Å². The highest BCUT2D eigenvalue weighted by Gasteiger charge is 2.27.